The summed E-state index contributed by atoms with van der Waals surface area (Å²) >= 11 is 3.06. The van der Waals surface area contributed by atoms with Gasteiger partial charge in [0.1, 0.15) is 6.07 Å². The Balaban J connectivity index is 3.47. The number of nitriles is 1. The van der Waals surface area contributed by atoms with Crippen molar-refractivity contribution in [2.45, 2.75) is 11.8 Å². The molecule has 0 unspecified atom stereocenters. The molecular weight excluding hydrogens is 298 g/mol. The minimum absolute atomic E-state index is 0.00447. The van der Waals surface area contributed by atoms with E-state index in [1.54, 1.807) is 6.07 Å². The fraction of sp³-hybridized carbons (Fsp3) is 0.300. The van der Waals surface area contributed by atoms with Gasteiger partial charge in [-0.2, -0.15) is 5.26 Å². The Morgan fingerprint density at radius 1 is 1.71 bits per heavy atom. The van der Waals surface area contributed by atoms with E-state index < -0.39 is 23.7 Å². The van der Waals surface area contributed by atoms with E-state index >= 15 is 0 Å². The van der Waals surface area contributed by atoms with Gasteiger partial charge in [-0.1, -0.05) is 15.9 Å². The molecule has 1 heterocycles. The molecule has 0 atom stereocenters. The highest BCUT2D eigenvalue weighted by atomic mass is 79.9. The summed E-state index contributed by atoms with van der Waals surface area (Å²) in [6.45, 7) is 0. The van der Waals surface area contributed by atoms with Crippen LogP contribution in [0.4, 0.5) is 8.78 Å². The molecule has 7 heteroatoms. The Morgan fingerprint density at radius 3 is 2.76 bits per heavy atom. The number of nitrogens with zero attached hydrogens (tertiary/aromatic N) is 2. The fourth-order valence-electron chi connectivity index (χ4n) is 1.19. The summed E-state index contributed by atoms with van der Waals surface area (Å²) in [6.07, 6.45) is -2.90. The zero-order valence-corrected chi connectivity index (χ0v) is 10.3. The predicted octanol–water partition coefficient (Wildman–Crippen LogP) is 2.57. The molecule has 0 saturated heterocycles. The Morgan fingerprint density at radius 2 is 2.35 bits per heavy atom. The minimum atomic E-state index is -2.90. The molecule has 1 rings (SSSR count). The molecule has 0 radical (unpaired) electrons. The Kier molecular flexibility index (Phi) is 4.52. The molecule has 0 aliphatic carbocycles. The van der Waals surface area contributed by atoms with Crippen molar-refractivity contribution in [1.82, 2.24) is 4.98 Å². The van der Waals surface area contributed by atoms with E-state index in [1.807, 2.05) is 0 Å². The van der Waals surface area contributed by atoms with E-state index in [-0.39, 0.29) is 16.6 Å². The van der Waals surface area contributed by atoms with Gasteiger partial charge in [-0.25, -0.2) is 18.6 Å². The van der Waals surface area contributed by atoms with Crippen LogP contribution in [-0.2, 0) is 10.1 Å². The Bertz CT molecular complexity index is 486. The van der Waals surface area contributed by atoms with Gasteiger partial charge >= 0.3 is 5.97 Å². The molecule has 1 aromatic heterocycles. The van der Waals surface area contributed by atoms with Crippen LogP contribution in [0.25, 0.3) is 0 Å². The minimum Gasteiger partial charge on any atom is -0.464 e. The summed E-state index contributed by atoms with van der Waals surface area (Å²) in [6, 6.07) is 2.71. The molecule has 0 amide bonds. The number of halogens is 3. The van der Waals surface area contributed by atoms with Crippen molar-refractivity contribution in [3.05, 3.63) is 28.6 Å². The van der Waals surface area contributed by atoms with Crippen molar-refractivity contribution >= 4 is 21.9 Å². The van der Waals surface area contributed by atoms with Crippen molar-refractivity contribution in [1.29, 1.82) is 5.26 Å². The van der Waals surface area contributed by atoms with Gasteiger partial charge in [0.2, 0.25) is 0 Å². The van der Waals surface area contributed by atoms with Crippen LogP contribution in [0.5, 0.6) is 0 Å². The number of methoxy groups -OCH3 is 1. The first-order chi connectivity index (χ1) is 8.04. The zero-order chi connectivity index (χ0) is 13.0. The summed E-state index contributed by atoms with van der Waals surface area (Å²) in [4.78, 5) is 15.0. The smallest absolute Gasteiger partial charge is 0.357 e. The van der Waals surface area contributed by atoms with E-state index in [2.05, 4.69) is 25.7 Å². The number of hydrogen-bond donors (Lipinski definition) is 0. The van der Waals surface area contributed by atoms with Gasteiger partial charge in [0, 0.05) is 5.33 Å². The maximum absolute atomic E-state index is 12.7. The molecule has 4 nitrogen and oxygen atoms in total. The number of pyridine rings is 1. The monoisotopic (exact) mass is 304 g/mol. The fourth-order valence-corrected chi connectivity index (χ4v) is 1.62. The lowest BCUT2D eigenvalue weighted by Gasteiger charge is -2.09. The average Bonchev–Trinajstić information content (AvgIpc) is 2.35. The second-order valence-corrected chi connectivity index (χ2v) is 3.52. The van der Waals surface area contributed by atoms with Crippen LogP contribution >= 0.6 is 15.9 Å². The quantitative estimate of drug-likeness (QED) is 0.636. The van der Waals surface area contributed by atoms with Crippen molar-refractivity contribution in [2.24, 2.45) is 0 Å². The van der Waals surface area contributed by atoms with Crippen LogP contribution in [0.1, 0.15) is 33.7 Å². The van der Waals surface area contributed by atoms with E-state index in [1.165, 1.54) is 0 Å². The van der Waals surface area contributed by atoms with E-state index in [4.69, 9.17) is 5.26 Å². The molecule has 0 bridgehead atoms. The van der Waals surface area contributed by atoms with Crippen LogP contribution in [-0.4, -0.2) is 18.1 Å². The number of aromatic nitrogens is 1. The first-order valence-electron chi connectivity index (χ1n) is 4.41. The number of carbonyl (C=O) groups excluding carboxylic acids is 1. The van der Waals surface area contributed by atoms with Gasteiger partial charge < -0.3 is 4.74 Å². The summed E-state index contributed by atoms with van der Waals surface area (Å²) in [5.41, 5.74) is -0.837. The summed E-state index contributed by atoms with van der Waals surface area (Å²) < 4.78 is 29.8. The normalized spacial score (nSPS) is 10.1. The second kappa shape index (κ2) is 5.68. The van der Waals surface area contributed by atoms with Crippen molar-refractivity contribution in [3.63, 3.8) is 0 Å². The number of alkyl halides is 3. The van der Waals surface area contributed by atoms with Gasteiger partial charge in [0.15, 0.2) is 5.69 Å². The molecular formula is C10H7BrF2N2O2. The maximum Gasteiger partial charge on any atom is 0.357 e. The lowest BCUT2D eigenvalue weighted by atomic mass is 10.1. The molecule has 0 aliphatic rings. The molecule has 0 spiro atoms. The molecule has 0 aromatic carbocycles. The number of hydrogen-bond acceptors (Lipinski definition) is 4. The van der Waals surface area contributed by atoms with Gasteiger partial charge in [0.05, 0.1) is 23.9 Å². The SMILES string of the molecule is COC(=O)c1nc(CBr)c(C#N)cc1C(F)F. The molecule has 0 saturated carbocycles. The van der Waals surface area contributed by atoms with Gasteiger partial charge in [0.25, 0.3) is 6.43 Å². The van der Waals surface area contributed by atoms with Crippen molar-refractivity contribution < 1.29 is 18.3 Å². The number of carbonyl (C=O) groups is 1. The van der Waals surface area contributed by atoms with Gasteiger partial charge in [-0.05, 0) is 6.07 Å². The van der Waals surface area contributed by atoms with Crippen LogP contribution in [0.15, 0.2) is 6.07 Å². The van der Waals surface area contributed by atoms with E-state index in [0.717, 1.165) is 13.2 Å². The maximum atomic E-state index is 12.7. The number of ether oxygens (including phenoxy) is 1. The molecule has 0 N–H and O–H groups in total. The predicted molar refractivity (Wildman–Crippen MR) is 57.9 cm³/mol. The Hall–Kier alpha value is -1.55. The molecule has 17 heavy (non-hydrogen) atoms. The zero-order valence-electron chi connectivity index (χ0n) is 8.71. The van der Waals surface area contributed by atoms with Gasteiger partial charge in [-0.3, -0.25) is 0 Å². The third-order valence-electron chi connectivity index (χ3n) is 1.99. The summed E-state index contributed by atoms with van der Waals surface area (Å²) in [5.74, 6) is -0.952. The molecule has 1 aromatic rings. The Labute approximate surface area is 104 Å². The van der Waals surface area contributed by atoms with Crippen LogP contribution < -0.4 is 0 Å². The average molecular weight is 305 g/mol. The van der Waals surface area contributed by atoms with E-state index in [0.29, 0.717) is 0 Å². The topological polar surface area (TPSA) is 63.0 Å². The van der Waals surface area contributed by atoms with Crippen LogP contribution in [0.3, 0.4) is 0 Å². The first-order valence-corrected chi connectivity index (χ1v) is 5.53. The summed E-state index contributed by atoms with van der Waals surface area (Å²) in [7, 11) is 1.07. The highest BCUT2D eigenvalue weighted by molar-refractivity contribution is 9.08. The third-order valence-corrected chi connectivity index (χ3v) is 2.52. The highest BCUT2D eigenvalue weighted by Crippen LogP contribution is 2.25. The number of esters is 1. The molecule has 0 aliphatic heterocycles. The summed E-state index contributed by atoms with van der Waals surface area (Å²) in [5, 5.41) is 8.95. The molecule has 0 fully saturated rings. The lowest BCUT2D eigenvalue weighted by molar-refractivity contribution is 0.0581. The van der Waals surface area contributed by atoms with Gasteiger partial charge in [-0.15, -0.1) is 0 Å². The second-order valence-electron chi connectivity index (χ2n) is 2.96. The first kappa shape index (κ1) is 13.5. The largest absolute Gasteiger partial charge is 0.464 e. The highest BCUT2D eigenvalue weighted by Gasteiger charge is 2.23. The van der Waals surface area contributed by atoms with Crippen molar-refractivity contribution in [2.75, 3.05) is 7.11 Å². The lowest BCUT2D eigenvalue weighted by Crippen LogP contribution is -2.12. The number of rotatable bonds is 3. The van der Waals surface area contributed by atoms with Crippen molar-refractivity contribution in [3.8, 4) is 6.07 Å². The van der Waals surface area contributed by atoms with Crippen LogP contribution in [0, 0.1) is 11.3 Å². The third kappa shape index (κ3) is 2.77. The van der Waals surface area contributed by atoms with E-state index in [9.17, 15) is 13.6 Å². The molecule has 90 valence electrons. The van der Waals surface area contributed by atoms with Crippen LogP contribution in [0.2, 0.25) is 0 Å². The standard InChI is InChI=1S/C10H7BrF2N2O2/c1-17-10(16)8-6(9(12)13)2-5(4-14)7(3-11)15-8/h2,9H,3H2,1H3.